The Morgan fingerprint density at radius 1 is 0.938 bits per heavy atom. The number of carboxylic acid groups (broad SMARTS) is 1. The third-order valence-electron chi connectivity index (χ3n) is 2.10. The average Bonchev–Trinajstić information content (AvgIpc) is 2.21. The molecular weight excluding hydrogens is 210 g/mol. The van der Waals surface area contributed by atoms with E-state index in [9.17, 15) is 14.4 Å². The number of rotatable bonds is 8. The lowest BCUT2D eigenvalue weighted by Gasteiger charge is -2.02. The third kappa shape index (κ3) is 9.18. The van der Waals surface area contributed by atoms with Crippen LogP contribution in [0, 0.1) is 0 Å². The SMILES string of the molecule is CCCCCCC(=O)NC(=O)CCC(=O)O. The Hall–Kier alpha value is -1.39. The molecule has 0 aliphatic carbocycles. The first-order valence-corrected chi connectivity index (χ1v) is 5.60. The van der Waals surface area contributed by atoms with Gasteiger partial charge in [0.15, 0.2) is 0 Å². The van der Waals surface area contributed by atoms with Crippen LogP contribution < -0.4 is 5.32 Å². The van der Waals surface area contributed by atoms with E-state index in [-0.39, 0.29) is 18.7 Å². The van der Waals surface area contributed by atoms with Crippen LogP contribution in [0.5, 0.6) is 0 Å². The molecule has 0 radical (unpaired) electrons. The zero-order chi connectivity index (χ0) is 12.4. The van der Waals surface area contributed by atoms with Crippen LogP contribution in [0.2, 0.25) is 0 Å². The summed E-state index contributed by atoms with van der Waals surface area (Å²) in [5.74, 6) is -1.86. The van der Waals surface area contributed by atoms with E-state index >= 15 is 0 Å². The minimum atomic E-state index is -1.04. The van der Waals surface area contributed by atoms with Crippen molar-refractivity contribution in [3.8, 4) is 0 Å². The molecule has 0 aromatic heterocycles. The summed E-state index contributed by atoms with van der Waals surface area (Å²) in [5.41, 5.74) is 0. The van der Waals surface area contributed by atoms with Gasteiger partial charge in [0.25, 0.3) is 0 Å². The number of hydrogen-bond donors (Lipinski definition) is 2. The molecule has 0 saturated carbocycles. The molecule has 0 aromatic carbocycles. The highest BCUT2D eigenvalue weighted by Gasteiger charge is 2.09. The maximum absolute atomic E-state index is 11.2. The number of hydrogen-bond acceptors (Lipinski definition) is 3. The Morgan fingerprint density at radius 3 is 2.12 bits per heavy atom. The van der Waals surface area contributed by atoms with Crippen LogP contribution in [-0.2, 0) is 14.4 Å². The molecule has 0 spiro atoms. The lowest BCUT2D eigenvalue weighted by molar-refractivity contribution is -0.140. The minimum Gasteiger partial charge on any atom is -0.481 e. The van der Waals surface area contributed by atoms with Crippen molar-refractivity contribution >= 4 is 17.8 Å². The first-order chi connectivity index (χ1) is 7.56. The van der Waals surface area contributed by atoms with Gasteiger partial charge in [0, 0.05) is 12.8 Å². The van der Waals surface area contributed by atoms with E-state index in [4.69, 9.17) is 5.11 Å². The molecule has 2 N–H and O–H groups in total. The lowest BCUT2D eigenvalue weighted by Crippen LogP contribution is -2.30. The summed E-state index contributed by atoms with van der Waals surface area (Å²) < 4.78 is 0. The number of carbonyl (C=O) groups is 3. The van der Waals surface area contributed by atoms with Crippen molar-refractivity contribution in [1.82, 2.24) is 5.32 Å². The fourth-order valence-corrected chi connectivity index (χ4v) is 1.21. The number of nitrogens with one attached hydrogen (secondary N) is 1. The smallest absolute Gasteiger partial charge is 0.303 e. The number of carboxylic acids is 1. The summed E-state index contributed by atoms with van der Waals surface area (Å²) in [6.07, 6.45) is 3.88. The van der Waals surface area contributed by atoms with E-state index in [0.717, 1.165) is 25.7 Å². The lowest BCUT2D eigenvalue weighted by atomic mass is 10.1. The van der Waals surface area contributed by atoms with Crippen LogP contribution in [0.15, 0.2) is 0 Å². The van der Waals surface area contributed by atoms with Crippen LogP contribution >= 0.6 is 0 Å². The normalized spacial score (nSPS) is 9.81. The molecule has 0 fully saturated rings. The summed E-state index contributed by atoms with van der Waals surface area (Å²) in [5, 5.41) is 10.5. The first-order valence-electron chi connectivity index (χ1n) is 5.60. The summed E-state index contributed by atoms with van der Waals surface area (Å²) in [4.78, 5) is 32.4. The van der Waals surface area contributed by atoms with Gasteiger partial charge >= 0.3 is 5.97 Å². The van der Waals surface area contributed by atoms with E-state index in [1.54, 1.807) is 0 Å². The molecule has 0 rings (SSSR count). The van der Waals surface area contributed by atoms with E-state index < -0.39 is 11.9 Å². The predicted octanol–water partition coefficient (Wildman–Crippen LogP) is 1.46. The highest BCUT2D eigenvalue weighted by atomic mass is 16.4. The summed E-state index contributed by atoms with van der Waals surface area (Å²) in [7, 11) is 0. The Labute approximate surface area is 95.2 Å². The van der Waals surface area contributed by atoms with E-state index in [1.807, 2.05) is 0 Å². The topological polar surface area (TPSA) is 83.5 Å². The van der Waals surface area contributed by atoms with Gasteiger partial charge in [0.2, 0.25) is 11.8 Å². The second-order valence-corrected chi connectivity index (χ2v) is 3.68. The molecule has 2 amide bonds. The molecule has 16 heavy (non-hydrogen) atoms. The monoisotopic (exact) mass is 229 g/mol. The molecule has 0 saturated heterocycles. The van der Waals surface area contributed by atoms with E-state index in [0.29, 0.717) is 6.42 Å². The van der Waals surface area contributed by atoms with E-state index in [1.165, 1.54) is 0 Å². The summed E-state index contributed by atoms with van der Waals surface area (Å²) >= 11 is 0. The maximum atomic E-state index is 11.2. The minimum absolute atomic E-state index is 0.143. The predicted molar refractivity (Wildman–Crippen MR) is 58.8 cm³/mol. The van der Waals surface area contributed by atoms with Crippen molar-refractivity contribution in [2.45, 2.75) is 51.9 Å². The van der Waals surface area contributed by atoms with Crippen molar-refractivity contribution in [3.05, 3.63) is 0 Å². The van der Waals surface area contributed by atoms with Crippen LogP contribution in [0.4, 0.5) is 0 Å². The van der Waals surface area contributed by atoms with Gasteiger partial charge in [-0.1, -0.05) is 26.2 Å². The fraction of sp³-hybridized carbons (Fsp3) is 0.727. The second-order valence-electron chi connectivity index (χ2n) is 3.68. The molecular formula is C11H19NO4. The Bertz CT molecular complexity index is 250. The molecule has 0 unspecified atom stereocenters. The molecule has 0 aromatic rings. The average molecular weight is 229 g/mol. The van der Waals surface area contributed by atoms with Gasteiger partial charge in [0.05, 0.1) is 6.42 Å². The molecule has 5 nitrogen and oxygen atoms in total. The standard InChI is InChI=1S/C11H19NO4/c1-2-3-4-5-6-9(13)12-10(14)7-8-11(15)16/h2-8H2,1H3,(H,15,16)(H,12,13,14). The fourth-order valence-electron chi connectivity index (χ4n) is 1.21. The van der Waals surface area contributed by atoms with Gasteiger partial charge in [-0.3, -0.25) is 19.7 Å². The van der Waals surface area contributed by atoms with Gasteiger partial charge in [-0.05, 0) is 6.42 Å². The van der Waals surface area contributed by atoms with Crippen LogP contribution in [0.1, 0.15) is 51.9 Å². The highest BCUT2D eigenvalue weighted by molar-refractivity contribution is 5.95. The Morgan fingerprint density at radius 2 is 1.56 bits per heavy atom. The van der Waals surface area contributed by atoms with E-state index in [2.05, 4.69) is 12.2 Å². The van der Waals surface area contributed by atoms with Gasteiger partial charge in [-0.15, -0.1) is 0 Å². The second kappa shape index (κ2) is 8.88. The summed E-state index contributed by atoms with van der Waals surface area (Å²) in [6.45, 7) is 2.08. The molecule has 5 heteroatoms. The van der Waals surface area contributed by atoms with Crippen molar-refractivity contribution in [2.24, 2.45) is 0 Å². The maximum Gasteiger partial charge on any atom is 0.303 e. The zero-order valence-corrected chi connectivity index (χ0v) is 9.62. The molecule has 0 aliphatic heterocycles. The van der Waals surface area contributed by atoms with Gasteiger partial charge < -0.3 is 5.11 Å². The number of aliphatic carboxylic acids is 1. The van der Waals surface area contributed by atoms with Crippen molar-refractivity contribution < 1.29 is 19.5 Å². The summed E-state index contributed by atoms with van der Waals surface area (Å²) in [6, 6.07) is 0. The number of amides is 2. The number of carbonyl (C=O) groups excluding carboxylic acids is 2. The van der Waals surface area contributed by atoms with Crippen LogP contribution in [-0.4, -0.2) is 22.9 Å². The van der Waals surface area contributed by atoms with Gasteiger partial charge in [-0.2, -0.15) is 0 Å². The quantitative estimate of drug-likeness (QED) is 0.617. The zero-order valence-electron chi connectivity index (χ0n) is 9.62. The molecule has 0 atom stereocenters. The molecule has 0 heterocycles. The van der Waals surface area contributed by atoms with Crippen molar-refractivity contribution in [3.63, 3.8) is 0 Å². The van der Waals surface area contributed by atoms with Gasteiger partial charge in [-0.25, -0.2) is 0 Å². The Balaban J connectivity index is 3.54. The van der Waals surface area contributed by atoms with Crippen molar-refractivity contribution in [1.29, 1.82) is 0 Å². The van der Waals surface area contributed by atoms with Crippen LogP contribution in [0.25, 0.3) is 0 Å². The van der Waals surface area contributed by atoms with Crippen LogP contribution in [0.3, 0.4) is 0 Å². The number of unbranched alkanes of at least 4 members (excludes halogenated alkanes) is 3. The van der Waals surface area contributed by atoms with Crippen molar-refractivity contribution in [2.75, 3.05) is 0 Å². The Kier molecular flexibility index (Phi) is 8.11. The third-order valence-corrected chi connectivity index (χ3v) is 2.10. The largest absolute Gasteiger partial charge is 0.481 e. The van der Waals surface area contributed by atoms with Gasteiger partial charge in [0.1, 0.15) is 0 Å². The molecule has 92 valence electrons. The number of imide groups is 1. The highest BCUT2D eigenvalue weighted by Crippen LogP contribution is 2.02. The first kappa shape index (κ1) is 14.6. The molecule has 0 bridgehead atoms. The molecule has 0 aliphatic rings.